The summed E-state index contributed by atoms with van der Waals surface area (Å²) >= 11 is 13.9. The Hall–Kier alpha value is -3.85. The molecule has 2 N–H and O–H groups in total. The molecule has 250 valence electrons. The minimum atomic E-state index is -0.978. The topological polar surface area (TPSA) is 80.3 Å². The van der Waals surface area contributed by atoms with Crippen molar-refractivity contribution in [3.8, 4) is 39.4 Å². The van der Waals surface area contributed by atoms with Gasteiger partial charge in [-0.3, -0.25) is 9.59 Å². The number of hydrogen-bond acceptors (Lipinski definition) is 5. The van der Waals surface area contributed by atoms with Crippen LogP contribution in [0.5, 0.6) is 5.88 Å². The van der Waals surface area contributed by atoms with Crippen molar-refractivity contribution in [3.05, 3.63) is 93.5 Å². The van der Waals surface area contributed by atoms with E-state index in [-0.39, 0.29) is 46.3 Å². The first-order valence-electron chi connectivity index (χ1n) is 16.3. The fraction of sp³-hybridized carbons (Fsp3) is 0.342. The van der Waals surface area contributed by atoms with Gasteiger partial charge in [0.1, 0.15) is 5.78 Å². The Morgan fingerprint density at radius 2 is 1.54 bits per heavy atom. The highest BCUT2D eigenvalue weighted by atomic mass is 35.5. The van der Waals surface area contributed by atoms with Crippen LogP contribution in [0.1, 0.15) is 56.1 Å². The molecule has 0 unspecified atom stereocenters. The van der Waals surface area contributed by atoms with Crippen molar-refractivity contribution < 1.29 is 23.1 Å². The number of nitrogens with one attached hydrogen (secondary N) is 2. The van der Waals surface area contributed by atoms with Gasteiger partial charge in [-0.25, -0.2) is 13.8 Å². The van der Waals surface area contributed by atoms with Crippen LogP contribution in [0.15, 0.2) is 60.7 Å². The predicted octanol–water partition coefficient (Wildman–Crippen LogP) is 8.74. The van der Waals surface area contributed by atoms with E-state index in [1.54, 1.807) is 37.4 Å². The van der Waals surface area contributed by atoms with Gasteiger partial charge in [-0.15, -0.1) is 0 Å². The third-order valence-corrected chi connectivity index (χ3v) is 10.1. The number of hydrogen-bond donors (Lipinski definition) is 2. The number of carbonyl (C=O) groups is 2. The van der Waals surface area contributed by atoms with E-state index in [2.05, 4.69) is 10.6 Å². The van der Waals surface area contributed by atoms with Crippen molar-refractivity contribution >= 4 is 34.9 Å². The van der Waals surface area contributed by atoms with E-state index >= 15 is 8.78 Å². The van der Waals surface area contributed by atoms with Crippen molar-refractivity contribution in [2.24, 2.45) is 5.92 Å². The second kappa shape index (κ2) is 15.1. The summed E-state index contributed by atoms with van der Waals surface area (Å²) in [5.74, 6) is -0.801. The maximum atomic E-state index is 15.5. The first-order valence-corrected chi connectivity index (χ1v) is 17.1. The minimum Gasteiger partial charge on any atom is -0.481 e. The summed E-state index contributed by atoms with van der Waals surface area (Å²) in [6, 6.07) is 17.9. The van der Waals surface area contributed by atoms with Gasteiger partial charge in [0, 0.05) is 70.8 Å². The lowest BCUT2D eigenvalue weighted by atomic mass is 9.95. The number of benzene rings is 3. The molecule has 1 saturated carbocycles. The summed E-state index contributed by atoms with van der Waals surface area (Å²) in [4.78, 5) is 27.8. The molecule has 1 aliphatic carbocycles. The molecule has 4 aromatic rings. The zero-order valence-corrected chi connectivity index (χ0v) is 28.2. The van der Waals surface area contributed by atoms with Crippen molar-refractivity contribution in [1.82, 2.24) is 15.6 Å². The van der Waals surface area contributed by atoms with Gasteiger partial charge in [0.15, 0.2) is 11.6 Å². The van der Waals surface area contributed by atoms with Crippen LogP contribution in [0, 0.1) is 17.6 Å². The van der Waals surface area contributed by atoms with Gasteiger partial charge in [0.05, 0.1) is 22.8 Å². The zero-order valence-electron chi connectivity index (χ0n) is 26.7. The van der Waals surface area contributed by atoms with E-state index in [9.17, 15) is 9.59 Å². The van der Waals surface area contributed by atoms with Gasteiger partial charge in [0.2, 0.25) is 11.8 Å². The van der Waals surface area contributed by atoms with Gasteiger partial charge >= 0.3 is 0 Å². The molecule has 0 spiro atoms. The van der Waals surface area contributed by atoms with Gasteiger partial charge < -0.3 is 15.4 Å². The average Bonchev–Trinajstić information content (AvgIpc) is 3.70. The molecule has 48 heavy (non-hydrogen) atoms. The minimum absolute atomic E-state index is 0.0501. The molecule has 2 fully saturated rings. The van der Waals surface area contributed by atoms with Crippen molar-refractivity contribution in [2.75, 3.05) is 13.7 Å². The first kappa shape index (κ1) is 34.0. The summed E-state index contributed by atoms with van der Waals surface area (Å²) in [6.07, 6.45) is 5.95. The highest BCUT2D eigenvalue weighted by molar-refractivity contribution is 6.39. The summed E-state index contributed by atoms with van der Waals surface area (Å²) in [7, 11) is 1.58. The molecule has 1 aromatic heterocycles. The molecule has 1 saturated heterocycles. The molecule has 6 rings (SSSR count). The quantitative estimate of drug-likeness (QED) is 0.155. The normalized spacial score (nSPS) is 17.6. The zero-order chi connectivity index (χ0) is 33.8. The van der Waals surface area contributed by atoms with Crippen LogP contribution in [-0.4, -0.2) is 36.4 Å². The Morgan fingerprint density at radius 3 is 2.21 bits per heavy atom. The van der Waals surface area contributed by atoms with Crippen molar-refractivity contribution in [1.29, 1.82) is 0 Å². The van der Waals surface area contributed by atoms with E-state index in [4.69, 9.17) is 32.9 Å². The Kier molecular flexibility index (Phi) is 10.7. The molecule has 1 aliphatic heterocycles. The van der Waals surface area contributed by atoms with Crippen LogP contribution in [0.25, 0.3) is 33.5 Å². The third kappa shape index (κ3) is 7.41. The fourth-order valence-electron chi connectivity index (χ4n) is 6.72. The van der Waals surface area contributed by atoms with Crippen molar-refractivity contribution in [2.45, 2.75) is 64.0 Å². The molecule has 2 atom stereocenters. The number of ether oxygens (including phenoxy) is 1. The summed E-state index contributed by atoms with van der Waals surface area (Å²) < 4.78 is 36.4. The molecule has 0 radical (unpaired) electrons. The summed E-state index contributed by atoms with van der Waals surface area (Å²) in [5.41, 5.74) is 4.05. The molecular formula is C38H37Cl2F2N3O3. The number of pyridine rings is 1. The van der Waals surface area contributed by atoms with Gasteiger partial charge in [-0.2, -0.15) is 0 Å². The van der Waals surface area contributed by atoms with E-state index in [1.807, 2.05) is 30.3 Å². The Labute approximate surface area is 289 Å². The van der Waals surface area contributed by atoms with Crippen molar-refractivity contribution in [3.63, 3.8) is 0 Å². The second-order valence-electron chi connectivity index (χ2n) is 12.6. The number of halogens is 4. The van der Waals surface area contributed by atoms with Crippen LogP contribution >= 0.6 is 23.2 Å². The molecule has 1 amide bonds. The molecule has 10 heteroatoms. The van der Waals surface area contributed by atoms with Crippen LogP contribution < -0.4 is 15.4 Å². The smallest absolute Gasteiger partial charge is 0.220 e. The van der Waals surface area contributed by atoms with E-state index in [1.165, 1.54) is 0 Å². The van der Waals surface area contributed by atoms with E-state index in [0.29, 0.717) is 64.7 Å². The SMILES string of the molecule is COc1nc(-c2cccc(-c3cccc(-c4ccc(CNC[C@@H]5CCC(=O)C5)c(F)c4F)c3Cl)c2Cl)ccc1CCC[C@@H]1CCC(=O)N1. The maximum absolute atomic E-state index is 15.5. The van der Waals surface area contributed by atoms with Crippen LogP contribution in [0.4, 0.5) is 8.78 Å². The number of Topliss-reactive ketones (excluding diaryl/α,β-unsaturated/α-hetero) is 1. The van der Waals surface area contributed by atoms with Crippen LogP contribution in [0.3, 0.4) is 0 Å². The molecule has 2 aliphatic rings. The van der Waals surface area contributed by atoms with Gasteiger partial charge in [-0.05, 0) is 50.6 Å². The highest BCUT2D eigenvalue weighted by Crippen LogP contribution is 2.43. The number of ketones is 1. The number of aromatic nitrogens is 1. The lowest BCUT2D eigenvalue weighted by Gasteiger charge is -2.16. The average molecular weight is 693 g/mol. The predicted molar refractivity (Wildman–Crippen MR) is 185 cm³/mol. The second-order valence-corrected chi connectivity index (χ2v) is 13.3. The number of aryl methyl sites for hydroxylation is 1. The molecule has 6 nitrogen and oxygen atoms in total. The Balaban J connectivity index is 1.21. The Morgan fingerprint density at radius 1 is 0.854 bits per heavy atom. The molecule has 2 heterocycles. The number of methoxy groups -OCH3 is 1. The largest absolute Gasteiger partial charge is 0.481 e. The summed E-state index contributed by atoms with van der Waals surface area (Å²) in [5, 5.41) is 6.82. The maximum Gasteiger partial charge on any atom is 0.220 e. The van der Waals surface area contributed by atoms with Crippen LogP contribution in [0.2, 0.25) is 10.0 Å². The molecular weight excluding hydrogens is 655 g/mol. The number of carbonyl (C=O) groups excluding carboxylic acids is 2. The Bertz CT molecular complexity index is 1850. The monoisotopic (exact) mass is 691 g/mol. The molecule has 0 bridgehead atoms. The summed E-state index contributed by atoms with van der Waals surface area (Å²) in [6.45, 7) is 0.737. The first-order chi connectivity index (χ1) is 23.2. The van der Waals surface area contributed by atoms with Gasteiger partial charge in [0.25, 0.3) is 0 Å². The third-order valence-electron chi connectivity index (χ3n) is 9.33. The van der Waals surface area contributed by atoms with E-state index in [0.717, 1.165) is 37.7 Å². The van der Waals surface area contributed by atoms with Crippen LogP contribution in [-0.2, 0) is 22.6 Å². The lowest BCUT2D eigenvalue weighted by molar-refractivity contribution is -0.119. The standard InChI is InChI=1S/C38H37Cl2F2N3O3/c1-48-38-23(5-2-6-25-14-18-33(47)44-25)13-17-32(45-38)31-10-4-8-28(35(31)40)27-7-3-9-29(34(27)39)30-16-12-24(36(41)37(30)42)21-43-20-22-11-15-26(46)19-22/h3-4,7-10,12-13,16-17,22,25,43H,2,5-6,11,14-15,18-21H2,1H3,(H,44,47)/t22-,25-/m1/s1. The number of nitrogens with zero attached hydrogens (tertiary/aromatic N) is 1. The van der Waals surface area contributed by atoms with Gasteiger partial charge in [-0.1, -0.05) is 77.8 Å². The molecule has 3 aromatic carbocycles. The highest BCUT2D eigenvalue weighted by Gasteiger charge is 2.24. The lowest BCUT2D eigenvalue weighted by Crippen LogP contribution is -2.25. The fourth-order valence-corrected chi connectivity index (χ4v) is 7.37. The van der Waals surface area contributed by atoms with E-state index < -0.39 is 11.6 Å². The number of rotatable bonds is 12. The number of amides is 1.